The minimum Gasteiger partial charge on any atom is -0.331 e. The number of hydrogen-bond donors (Lipinski definition) is 1. The third-order valence-corrected chi connectivity index (χ3v) is 3.95. The van der Waals surface area contributed by atoms with E-state index >= 15 is 0 Å². The first kappa shape index (κ1) is 11.7. The van der Waals surface area contributed by atoms with Crippen molar-refractivity contribution in [1.29, 1.82) is 0 Å². The lowest BCUT2D eigenvalue weighted by molar-refractivity contribution is 0.654. The highest BCUT2D eigenvalue weighted by Gasteiger charge is 2.20. The van der Waals surface area contributed by atoms with Crippen LogP contribution in [0.5, 0.6) is 0 Å². The predicted octanol–water partition coefficient (Wildman–Crippen LogP) is 2.48. The van der Waals surface area contributed by atoms with Crippen molar-refractivity contribution in [2.24, 2.45) is 7.05 Å². The fourth-order valence-electron chi connectivity index (χ4n) is 2.40. The van der Waals surface area contributed by atoms with Crippen LogP contribution in [0, 0.1) is 13.8 Å². The maximum absolute atomic E-state index is 4.75. The molecule has 1 aliphatic rings. The summed E-state index contributed by atoms with van der Waals surface area (Å²) < 4.78 is 2.23. The molecule has 0 saturated heterocycles. The maximum atomic E-state index is 4.75. The van der Waals surface area contributed by atoms with Gasteiger partial charge < -0.3 is 9.88 Å². The van der Waals surface area contributed by atoms with Gasteiger partial charge in [-0.15, -0.1) is 0 Å². The molecule has 3 rings (SSSR count). The van der Waals surface area contributed by atoms with E-state index in [9.17, 15) is 0 Å². The number of nitrogens with one attached hydrogen (secondary N) is 1. The molecule has 0 aliphatic heterocycles. The van der Waals surface area contributed by atoms with Gasteiger partial charge in [-0.3, -0.25) is 0 Å². The molecule has 0 spiro atoms. The van der Waals surface area contributed by atoms with Crippen LogP contribution in [0.25, 0.3) is 11.0 Å². The van der Waals surface area contributed by atoms with Gasteiger partial charge in [0.2, 0.25) is 0 Å². The second kappa shape index (κ2) is 4.39. The molecule has 3 heteroatoms. The van der Waals surface area contributed by atoms with Crippen LogP contribution >= 0.6 is 0 Å². The minimum atomic E-state index is 0.782. The molecule has 1 N–H and O–H groups in total. The molecule has 1 aliphatic carbocycles. The Morgan fingerprint density at radius 2 is 2.00 bits per heavy atom. The van der Waals surface area contributed by atoms with Crippen molar-refractivity contribution in [2.45, 2.75) is 39.2 Å². The van der Waals surface area contributed by atoms with Gasteiger partial charge in [-0.1, -0.05) is 0 Å². The smallest absolute Gasteiger partial charge is 0.110 e. The Morgan fingerprint density at radius 3 is 2.72 bits per heavy atom. The molecular weight excluding hydrogens is 222 g/mol. The fourth-order valence-corrected chi connectivity index (χ4v) is 2.40. The van der Waals surface area contributed by atoms with Crippen molar-refractivity contribution >= 4 is 11.0 Å². The number of hydrogen-bond acceptors (Lipinski definition) is 2. The lowest BCUT2D eigenvalue weighted by Crippen LogP contribution is -2.20. The molecule has 0 amide bonds. The van der Waals surface area contributed by atoms with Crippen molar-refractivity contribution in [3.63, 3.8) is 0 Å². The van der Waals surface area contributed by atoms with Gasteiger partial charge >= 0.3 is 0 Å². The van der Waals surface area contributed by atoms with E-state index in [4.69, 9.17) is 4.98 Å². The molecule has 1 aromatic heterocycles. The Morgan fingerprint density at radius 1 is 1.28 bits per heavy atom. The third kappa shape index (κ3) is 2.15. The Hall–Kier alpha value is -1.35. The Labute approximate surface area is 108 Å². The number of fused-ring (bicyclic) bond motifs is 1. The van der Waals surface area contributed by atoms with Crippen LogP contribution < -0.4 is 5.32 Å². The van der Waals surface area contributed by atoms with Gasteiger partial charge in [0.25, 0.3) is 0 Å². The van der Waals surface area contributed by atoms with Crippen molar-refractivity contribution in [3.8, 4) is 0 Å². The molecule has 18 heavy (non-hydrogen) atoms. The normalized spacial score (nSPS) is 15.5. The van der Waals surface area contributed by atoms with Crippen molar-refractivity contribution in [2.75, 3.05) is 6.54 Å². The van der Waals surface area contributed by atoms with Gasteiger partial charge in [0.05, 0.1) is 11.0 Å². The summed E-state index contributed by atoms with van der Waals surface area (Å²) in [4.78, 5) is 4.75. The molecule has 0 bridgehead atoms. The first-order valence-electron chi connectivity index (χ1n) is 6.81. The fraction of sp³-hybridized carbons (Fsp3) is 0.533. The summed E-state index contributed by atoms with van der Waals surface area (Å²) in [5.74, 6) is 1.18. The van der Waals surface area contributed by atoms with Gasteiger partial charge in [0.15, 0.2) is 0 Å². The molecule has 0 radical (unpaired) electrons. The predicted molar refractivity (Wildman–Crippen MR) is 74.9 cm³/mol. The summed E-state index contributed by atoms with van der Waals surface area (Å²) >= 11 is 0. The number of nitrogens with zero attached hydrogens (tertiary/aromatic N) is 2. The molecule has 96 valence electrons. The Kier molecular flexibility index (Phi) is 2.86. The molecule has 0 unspecified atom stereocenters. The molecule has 2 aromatic rings. The largest absolute Gasteiger partial charge is 0.331 e. The zero-order chi connectivity index (χ0) is 12.7. The highest BCUT2D eigenvalue weighted by Crippen LogP contribution is 2.21. The monoisotopic (exact) mass is 243 g/mol. The number of rotatable bonds is 4. The lowest BCUT2D eigenvalue weighted by atomic mass is 10.1. The highest BCUT2D eigenvalue weighted by molar-refractivity contribution is 5.78. The van der Waals surface area contributed by atoms with E-state index in [1.165, 1.54) is 35.3 Å². The highest BCUT2D eigenvalue weighted by atomic mass is 15.1. The summed E-state index contributed by atoms with van der Waals surface area (Å²) in [6.45, 7) is 5.35. The molecular formula is C15H21N3. The van der Waals surface area contributed by atoms with Gasteiger partial charge in [0.1, 0.15) is 5.82 Å². The summed E-state index contributed by atoms with van der Waals surface area (Å²) in [5, 5.41) is 3.55. The van der Waals surface area contributed by atoms with Crippen LogP contribution in [0.3, 0.4) is 0 Å². The van der Waals surface area contributed by atoms with E-state index in [1.54, 1.807) is 0 Å². The summed E-state index contributed by atoms with van der Waals surface area (Å²) in [6.07, 6.45) is 3.71. The van der Waals surface area contributed by atoms with Crippen LogP contribution in [-0.2, 0) is 13.5 Å². The van der Waals surface area contributed by atoms with Crippen LogP contribution in [-0.4, -0.2) is 22.1 Å². The van der Waals surface area contributed by atoms with Crippen molar-refractivity contribution < 1.29 is 0 Å². The average Bonchev–Trinajstić information content (AvgIpc) is 3.10. The second-order valence-corrected chi connectivity index (χ2v) is 5.49. The first-order valence-corrected chi connectivity index (χ1v) is 6.81. The molecule has 3 nitrogen and oxygen atoms in total. The van der Waals surface area contributed by atoms with E-state index in [0.29, 0.717) is 0 Å². The van der Waals surface area contributed by atoms with Crippen molar-refractivity contribution in [1.82, 2.24) is 14.9 Å². The number of aromatic nitrogens is 2. The van der Waals surface area contributed by atoms with Gasteiger partial charge in [-0.2, -0.15) is 0 Å². The van der Waals surface area contributed by atoms with E-state index in [1.807, 2.05) is 0 Å². The van der Waals surface area contributed by atoms with Crippen LogP contribution in [0.2, 0.25) is 0 Å². The summed E-state index contributed by atoms with van der Waals surface area (Å²) in [5.41, 5.74) is 5.04. The molecule has 1 saturated carbocycles. The maximum Gasteiger partial charge on any atom is 0.110 e. The first-order chi connectivity index (χ1) is 8.65. The molecule has 0 atom stereocenters. The Balaban J connectivity index is 1.84. The lowest BCUT2D eigenvalue weighted by Gasteiger charge is -2.04. The molecule has 1 heterocycles. The number of aryl methyl sites for hydroxylation is 3. The van der Waals surface area contributed by atoms with Gasteiger partial charge in [0, 0.05) is 26.1 Å². The quantitative estimate of drug-likeness (QED) is 0.894. The van der Waals surface area contributed by atoms with Gasteiger partial charge in [-0.05, 0) is 49.9 Å². The van der Waals surface area contributed by atoms with Gasteiger partial charge in [-0.25, -0.2) is 4.98 Å². The van der Waals surface area contributed by atoms with E-state index in [2.05, 4.69) is 42.9 Å². The summed E-state index contributed by atoms with van der Waals surface area (Å²) in [7, 11) is 2.12. The van der Waals surface area contributed by atoms with E-state index < -0.39 is 0 Å². The van der Waals surface area contributed by atoms with Crippen LogP contribution in [0.1, 0.15) is 29.8 Å². The van der Waals surface area contributed by atoms with Crippen molar-refractivity contribution in [3.05, 3.63) is 29.1 Å². The molecule has 1 aromatic carbocycles. The topological polar surface area (TPSA) is 29.9 Å². The Bertz CT molecular complexity index is 579. The standard InChI is InChI=1S/C15H21N3/c1-10-8-13-14(9-11(10)2)18(3)15(17-13)6-7-16-12-4-5-12/h8-9,12,16H,4-7H2,1-3H3. The minimum absolute atomic E-state index is 0.782. The SMILES string of the molecule is Cc1cc2nc(CCNC3CC3)n(C)c2cc1C. The van der Waals surface area contributed by atoms with E-state index in [0.717, 1.165) is 24.5 Å². The third-order valence-electron chi connectivity index (χ3n) is 3.95. The number of benzene rings is 1. The van der Waals surface area contributed by atoms with Crippen LogP contribution in [0.15, 0.2) is 12.1 Å². The zero-order valence-electron chi connectivity index (χ0n) is 11.5. The average molecular weight is 243 g/mol. The van der Waals surface area contributed by atoms with Crippen LogP contribution in [0.4, 0.5) is 0 Å². The molecule has 1 fully saturated rings. The zero-order valence-corrected chi connectivity index (χ0v) is 11.5. The second-order valence-electron chi connectivity index (χ2n) is 5.49. The number of imidazole rings is 1. The summed E-state index contributed by atoms with van der Waals surface area (Å²) in [6, 6.07) is 5.22. The van der Waals surface area contributed by atoms with E-state index in [-0.39, 0.29) is 0 Å².